The highest BCUT2D eigenvalue weighted by molar-refractivity contribution is 7.10. The second kappa shape index (κ2) is 6.71. The Morgan fingerprint density at radius 3 is 2.48 bits per heavy atom. The number of rotatable bonds is 4. The molecule has 0 amide bonds. The van der Waals surface area contributed by atoms with Crippen LogP contribution in [0.2, 0.25) is 0 Å². The highest BCUT2D eigenvalue weighted by atomic mass is 32.1. The number of thiazole rings is 1. The molecule has 0 saturated carbocycles. The molecule has 0 aliphatic rings. The van der Waals surface area contributed by atoms with E-state index < -0.39 is 11.6 Å². The first kappa shape index (κ1) is 15.4. The topological polar surface area (TPSA) is 22.1 Å². The molecule has 116 valence electrons. The zero-order chi connectivity index (χ0) is 16.2. The van der Waals surface area contributed by atoms with Gasteiger partial charge in [0.15, 0.2) is 0 Å². The smallest absolute Gasteiger partial charge is 0.135 e. The molecule has 0 atom stereocenters. The lowest BCUT2D eigenvalue weighted by Gasteiger charge is -2.02. The summed E-state index contributed by atoms with van der Waals surface area (Å²) in [5, 5.41) is 2.30. The number of hydrogen-bond acceptors (Lipinski definition) is 3. The first-order valence-corrected chi connectivity index (χ1v) is 7.78. The number of benzene rings is 2. The highest BCUT2D eigenvalue weighted by Gasteiger charge is 2.13. The van der Waals surface area contributed by atoms with Crippen molar-refractivity contribution in [3.05, 3.63) is 70.1 Å². The molecule has 5 heteroatoms. The summed E-state index contributed by atoms with van der Waals surface area (Å²) < 4.78 is 32.8. The van der Waals surface area contributed by atoms with Crippen LogP contribution in [0.25, 0.3) is 23.4 Å². The molecule has 2 aromatic carbocycles. The molecule has 0 saturated heterocycles. The molecule has 3 rings (SSSR count). The standard InChI is InChI=1S/C18H13F2NOS/c1-22-16-8-3-2-5-12(16)9-10-17-21-15(11-23-17)18-13(19)6-4-7-14(18)20/h2-11H,1H3/b10-9+. The van der Waals surface area contributed by atoms with Gasteiger partial charge in [0.2, 0.25) is 0 Å². The number of halogens is 2. The van der Waals surface area contributed by atoms with Crippen LogP contribution in [0.5, 0.6) is 5.75 Å². The number of ether oxygens (including phenoxy) is 1. The van der Waals surface area contributed by atoms with Crippen LogP contribution in [0.15, 0.2) is 47.8 Å². The lowest BCUT2D eigenvalue weighted by atomic mass is 10.1. The number of para-hydroxylation sites is 1. The van der Waals surface area contributed by atoms with Crippen LogP contribution in [0.4, 0.5) is 8.78 Å². The summed E-state index contributed by atoms with van der Waals surface area (Å²) in [5.41, 5.74) is 1.11. The quantitative estimate of drug-likeness (QED) is 0.651. The summed E-state index contributed by atoms with van der Waals surface area (Å²) >= 11 is 1.32. The van der Waals surface area contributed by atoms with Gasteiger partial charge in [0.1, 0.15) is 22.4 Å². The van der Waals surface area contributed by atoms with Crippen molar-refractivity contribution < 1.29 is 13.5 Å². The molecule has 0 N–H and O–H groups in total. The lowest BCUT2D eigenvalue weighted by Crippen LogP contribution is -1.89. The predicted molar refractivity (Wildman–Crippen MR) is 89.4 cm³/mol. The monoisotopic (exact) mass is 329 g/mol. The number of nitrogens with zero attached hydrogens (tertiary/aromatic N) is 1. The van der Waals surface area contributed by atoms with Crippen molar-refractivity contribution in [2.24, 2.45) is 0 Å². The third-order valence-corrected chi connectivity index (χ3v) is 4.10. The van der Waals surface area contributed by atoms with Crippen molar-refractivity contribution in [2.75, 3.05) is 7.11 Å². The van der Waals surface area contributed by atoms with Crippen LogP contribution < -0.4 is 4.74 Å². The van der Waals surface area contributed by atoms with Gasteiger partial charge in [-0.1, -0.05) is 24.3 Å². The van der Waals surface area contributed by atoms with Gasteiger partial charge in [-0.05, 0) is 30.4 Å². The molecule has 0 bridgehead atoms. The SMILES string of the molecule is COc1ccccc1/C=C/c1nc(-c2c(F)cccc2F)cs1. The molecular weight excluding hydrogens is 316 g/mol. The maximum Gasteiger partial charge on any atom is 0.135 e. The Labute approximate surface area is 136 Å². The summed E-state index contributed by atoms with van der Waals surface area (Å²) in [6, 6.07) is 11.4. The van der Waals surface area contributed by atoms with Gasteiger partial charge in [0.25, 0.3) is 0 Å². The van der Waals surface area contributed by atoms with Crippen LogP contribution in [0.3, 0.4) is 0 Å². The molecule has 0 radical (unpaired) electrons. The second-order valence-electron chi connectivity index (χ2n) is 4.74. The van der Waals surface area contributed by atoms with Crippen molar-refractivity contribution in [1.82, 2.24) is 4.98 Å². The van der Waals surface area contributed by atoms with E-state index in [9.17, 15) is 8.78 Å². The molecule has 0 unspecified atom stereocenters. The van der Waals surface area contributed by atoms with E-state index in [4.69, 9.17) is 4.74 Å². The van der Waals surface area contributed by atoms with E-state index in [-0.39, 0.29) is 5.56 Å². The van der Waals surface area contributed by atoms with E-state index in [2.05, 4.69) is 4.98 Å². The summed E-state index contributed by atoms with van der Waals surface area (Å²) in [6.45, 7) is 0. The second-order valence-corrected chi connectivity index (χ2v) is 5.63. The van der Waals surface area contributed by atoms with Crippen LogP contribution in [0.1, 0.15) is 10.6 Å². The molecule has 23 heavy (non-hydrogen) atoms. The predicted octanol–water partition coefficient (Wildman–Crippen LogP) is 5.27. The fraction of sp³-hybridized carbons (Fsp3) is 0.0556. The minimum absolute atomic E-state index is 0.0966. The first-order chi connectivity index (χ1) is 11.2. The lowest BCUT2D eigenvalue weighted by molar-refractivity contribution is 0.414. The molecule has 3 aromatic rings. The molecule has 0 fully saturated rings. The third kappa shape index (κ3) is 3.29. The van der Waals surface area contributed by atoms with Gasteiger partial charge in [-0.3, -0.25) is 0 Å². The van der Waals surface area contributed by atoms with Crippen LogP contribution in [-0.2, 0) is 0 Å². The van der Waals surface area contributed by atoms with E-state index >= 15 is 0 Å². The van der Waals surface area contributed by atoms with Crippen molar-refractivity contribution in [2.45, 2.75) is 0 Å². The molecular formula is C18H13F2NOS. The van der Waals surface area contributed by atoms with E-state index in [0.29, 0.717) is 10.7 Å². The molecule has 2 nitrogen and oxygen atoms in total. The molecule has 0 aliphatic heterocycles. The zero-order valence-corrected chi connectivity index (χ0v) is 13.1. The van der Waals surface area contributed by atoms with Crippen molar-refractivity contribution >= 4 is 23.5 Å². The van der Waals surface area contributed by atoms with Crippen LogP contribution in [0, 0.1) is 11.6 Å². The molecule has 1 aromatic heterocycles. The molecule has 0 spiro atoms. The van der Waals surface area contributed by atoms with Gasteiger partial charge in [-0.15, -0.1) is 11.3 Å². The van der Waals surface area contributed by atoms with Gasteiger partial charge in [-0.2, -0.15) is 0 Å². The molecule has 0 aliphatic carbocycles. The zero-order valence-electron chi connectivity index (χ0n) is 12.3. The fourth-order valence-corrected chi connectivity index (χ4v) is 2.89. The number of hydrogen-bond donors (Lipinski definition) is 0. The van der Waals surface area contributed by atoms with E-state index in [1.54, 1.807) is 18.6 Å². The van der Waals surface area contributed by atoms with Crippen molar-refractivity contribution in [3.8, 4) is 17.0 Å². The minimum Gasteiger partial charge on any atom is -0.496 e. The summed E-state index contributed by atoms with van der Waals surface area (Å²) in [5.74, 6) is -0.480. The van der Waals surface area contributed by atoms with E-state index in [1.807, 2.05) is 30.3 Å². The first-order valence-electron chi connectivity index (χ1n) is 6.90. The maximum atomic E-state index is 13.8. The van der Waals surface area contributed by atoms with Gasteiger partial charge in [-0.25, -0.2) is 13.8 Å². The molecule has 1 heterocycles. The highest BCUT2D eigenvalue weighted by Crippen LogP contribution is 2.28. The van der Waals surface area contributed by atoms with Crippen molar-refractivity contribution in [1.29, 1.82) is 0 Å². The van der Waals surface area contributed by atoms with E-state index in [1.165, 1.54) is 29.5 Å². The average Bonchev–Trinajstić information content (AvgIpc) is 3.01. The summed E-state index contributed by atoms with van der Waals surface area (Å²) in [6.07, 6.45) is 3.66. The fourth-order valence-electron chi connectivity index (χ4n) is 2.19. The maximum absolute atomic E-state index is 13.8. The van der Waals surface area contributed by atoms with Gasteiger partial charge in [0, 0.05) is 10.9 Å². The normalized spacial score (nSPS) is 11.1. The Balaban J connectivity index is 1.89. The number of methoxy groups -OCH3 is 1. The van der Waals surface area contributed by atoms with Gasteiger partial charge >= 0.3 is 0 Å². The van der Waals surface area contributed by atoms with Gasteiger partial charge in [0.05, 0.1) is 18.4 Å². The Morgan fingerprint density at radius 1 is 1.00 bits per heavy atom. The van der Waals surface area contributed by atoms with Crippen molar-refractivity contribution in [3.63, 3.8) is 0 Å². The van der Waals surface area contributed by atoms with Crippen LogP contribution >= 0.6 is 11.3 Å². The average molecular weight is 329 g/mol. The van der Waals surface area contributed by atoms with Crippen LogP contribution in [-0.4, -0.2) is 12.1 Å². The number of aromatic nitrogens is 1. The largest absolute Gasteiger partial charge is 0.496 e. The summed E-state index contributed by atoms with van der Waals surface area (Å²) in [7, 11) is 1.61. The van der Waals surface area contributed by atoms with Gasteiger partial charge < -0.3 is 4.74 Å². The minimum atomic E-state index is -0.615. The summed E-state index contributed by atoms with van der Waals surface area (Å²) in [4.78, 5) is 4.28. The third-order valence-electron chi connectivity index (χ3n) is 3.29. The Hall–Kier alpha value is -2.53. The Morgan fingerprint density at radius 2 is 1.74 bits per heavy atom. The van der Waals surface area contributed by atoms with E-state index in [0.717, 1.165) is 11.3 Å². The Kier molecular flexibility index (Phi) is 4.48. The Bertz CT molecular complexity index is 837.